The summed E-state index contributed by atoms with van der Waals surface area (Å²) in [7, 11) is 0. The van der Waals surface area contributed by atoms with Gasteiger partial charge in [0, 0.05) is 10.4 Å². The van der Waals surface area contributed by atoms with E-state index in [0.29, 0.717) is 10.6 Å². The molecule has 1 amide bonds. The van der Waals surface area contributed by atoms with Crippen molar-refractivity contribution < 1.29 is 9.90 Å². The second-order valence-corrected chi connectivity index (χ2v) is 5.76. The van der Waals surface area contributed by atoms with Gasteiger partial charge in [-0.25, -0.2) is 0 Å². The van der Waals surface area contributed by atoms with Gasteiger partial charge < -0.3 is 10.4 Å². The third-order valence-corrected chi connectivity index (χ3v) is 3.93. The molecule has 2 N–H and O–H groups in total. The first-order chi connectivity index (χ1) is 10.1. The van der Waals surface area contributed by atoms with E-state index in [9.17, 15) is 4.79 Å². The zero-order chi connectivity index (χ0) is 15.2. The van der Waals surface area contributed by atoms with E-state index in [0.717, 1.165) is 10.4 Å². The lowest BCUT2D eigenvalue weighted by Gasteiger charge is -2.14. The van der Waals surface area contributed by atoms with Crippen molar-refractivity contribution in [1.82, 2.24) is 5.32 Å². The lowest BCUT2D eigenvalue weighted by Crippen LogP contribution is -2.26. The summed E-state index contributed by atoms with van der Waals surface area (Å²) in [6.45, 7) is 1.72. The maximum atomic E-state index is 12.2. The number of carbonyl (C=O) groups excluding carboxylic acids is 1. The molecule has 0 saturated heterocycles. The molecule has 0 saturated carbocycles. The number of thiophene rings is 1. The normalized spacial score (nSPS) is 11.4. The van der Waals surface area contributed by atoms with Crippen molar-refractivity contribution in [2.24, 2.45) is 0 Å². The quantitative estimate of drug-likeness (QED) is 0.853. The van der Waals surface area contributed by atoms with Crippen molar-refractivity contribution in [2.75, 3.05) is 6.61 Å². The van der Waals surface area contributed by atoms with E-state index in [1.165, 1.54) is 11.3 Å². The van der Waals surface area contributed by atoms with Gasteiger partial charge in [-0.3, -0.25) is 4.79 Å². The van der Waals surface area contributed by atoms with Crippen molar-refractivity contribution in [3.05, 3.63) is 56.7 Å². The van der Waals surface area contributed by atoms with Crippen LogP contribution in [0.2, 0.25) is 5.02 Å². The fourth-order valence-electron chi connectivity index (χ4n) is 1.79. The Hall–Kier alpha value is -1.80. The largest absolute Gasteiger partial charge is 0.384 e. The van der Waals surface area contributed by atoms with Gasteiger partial charge in [0.1, 0.15) is 6.61 Å². The summed E-state index contributed by atoms with van der Waals surface area (Å²) in [5, 5.41) is 14.0. The van der Waals surface area contributed by atoms with Crippen LogP contribution in [-0.2, 0) is 0 Å². The van der Waals surface area contributed by atoms with E-state index >= 15 is 0 Å². The number of halogens is 1. The maximum absolute atomic E-state index is 12.2. The number of amides is 1. The third kappa shape index (κ3) is 4.33. The van der Waals surface area contributed by atoms with Gasteiger partial charge >= 0.3 is 0 Å². The SMILES string of the molecule is CC(NC(=O)c1csc(C#CCO)c1)c1cccc(Cl)c1. The number of nitrogens with one attached hydrogen (secondary N) is 1. The molecule has 1 aromatic carbocycles. The fourth-order valence-corrected chi connectivity index (χ4v) is 2.74. The van der Waals surface area contributed by atoms with Gasteiger partial charge in [0.15, 0.2) is 0 Å². The number of carbonyl (C=O) groups is 1. The minimum Gasteiger partial charge on any atom is -0.384 e. The molecule has 0 aliphatic rings. The molecular formula is C16H14ClNO2S. The molecular weight excluding hydrogens is 306 g/mol. The lowest BCUT2D eigenvalue weighted by molar-refractivity contribution is 0.0940. The monoisotopic (exact) mass is 319 g/mol. The average Bonchev–Trinajstić information content (AvgIpc) is 2.94. The molecule has 3 nitrogen and oxygen atoms in total. The van der Waals surface area contributed by atoms with E-state index in [2.05, 4.69) is 17.2 Å². The number of hydrogen-bond donors (Lipinski definition) is 2. The molecule has 2 aromatic rings. The van der Waals surface area contributed by atoms with Crippen molar-refractivity contribution in [2.45, 2.75) is 13.0 Å². The number of aliphatic hydroxyl groups is 1. The number of hydrogen-bond acceptors (Lipinski definition) is 3. The van der Waals surface area contributed by atoms with Gasteiger partial charge in [0.25, 0.3) is 5.91 Å². The van der Waals surface area contributed by atoms with Gasteiger partial charge in [-0.1, -0.05) is 35.6 Å². The van der Waals surface area contributed by atoms with Crippen molar-refractivity contribution >= 4 is 28.8 Å². The maximum Gasteiger partial charge on any atom is 0.252 e. The van der Waals surface area contributed by atoms with Gasteiger partial charge in [-0.2, -0.15) is 0 Å². The standard InChI is InChI=1S/C16H14ClNO2S/c1-11(12-4-2-5-14(17)8-12)18-16(20)13-9-15(21-10-13)6-3-7-19/h2,4-5,8-11,19H,7H2,1H3,(H,18,20). The Kier molecular flexibility index (Phi) is 5.40. The number of aliphatic hydroxyl groups excluding tert-OH is 1. The summed E-state index contributed by atoms with van der Waals surface area (Å²) < 4.78 is 0. The Morgan fingerprint density at radius 2 is 2.29 bits per heavy atom. The summed E-state index contributed by atoms with van der Waals surface area (Å²) in [5.41, 5.74) is 1.52. The molecule has 108 valence electrons. The second-order valence-electron chi connectivity index (χ2n) is 4.41. The molecule has 2 rings (SSSR count). The van der Waals surface area contributed by atoms with Gasteiger partial charge in [0.2, 0.25) is 0 Å². The van der Waals surface area contributed by atoms with E-state index in [4.69, 9.17) is 16.7 Å². The highest BCUT2D eigenvalue weighted by atomic mass is 35.5. The Morgan fingerprint density at radius 1 is 1.48 bits per heavy atom. The fraction of sp³-hybridized carbons (Fsp3) is 0.188. The minimum absolute atomic E-state index is 0.136. The molecule has 0 radical (unpaired) electrons. The third-order valence-electron chi connectivity index (χ3n) is 2.85. The Labute approximate surface area is 132 Å². The molecule has 1 unspecified atom stereocenters. The number of benzene rings is 1. The van der Waals surface area contributed by atoms with Gasteiger partial charge in [-0.05, 0) is 30.7 Å². The molecule has 1 atom stereocenters. The Balaban J connectivity index is 2.05. The molecule has 0 spiro atoms. The summed E-state index contributed by atoms with van der Waals surface area (Å²) in [5.74, 6) is 5.19. The van der Waals surface area contributed by atoms with Crippen LogP contribution in [-0.4, -0.2) is 17.6 Å². The highest BCUT2D eigenvalue weighted by Gasteiger charge is 2.13. The van der Waals surface area contributed by atoms with Crippen LogP contribution in [0.3, 0.4) is 0 Å². The zero-order valence-corrected chi connectivity index (χ0v) is 13.0. The predicted molar refractivity (Wildman–Crippen MR) is 85.6 cm³/mol. The predicted octanol–water partition coefficient (Wildman–Crippen LogP) is 3.24. The zero-order valence-electron chi connectivity index (χ0n) is 11.4. The average molecular weight is 320 g/mol. The van der Waals surface area contributed by atoms with Crippen LogP contribution in [0.4, 0.5) is 0 Å². The summed E-state index contributed by atoms with van der Waals surface area (Å²) in [6, 6.07) is 8.98. The van der Waals surface area contributed by atoms with Crippen molar-refractivity contribution in [1.29, 1.82) is 0 Å². The van der Waals surface area contributed by atoms with E-state index < -0.39 is 0 Å². The molecule has 0 aliphatic carbocycles. The molecule has 21 heavy (non-hydrogen) atoms. The summed E-state index contributed by atoms with van der Waals surface area (Å²) in [6.07, 6.45) is 0. The Morgan fingerprint density at radius 3 is 3.00 bits per heavy atom. The minimum atomic E-state index is -0.189. The van der Waals surface area contributed by atoms with Gasteiger partial charge in [0.05, 0.1) is 16.5 Å². The van der Waals surface area contributed by atoms with E-state index in [1.54, 1.807) is 17.5 Å². The van der Waals surface area contributed by atoms with Crippen LogP contribution in [0.15, 0.2) is 35.7 Å². The molecule has 0 fully saturated rings. The highest BCUT2D eigenvalue weighted by Crippen LogP contribution is 2.19. The second kappa shape index (κ2) is 7.28. The molecule has 0 bridgehead atoms. The first-order valence-electron chi connectivity index (χ1n) is 6.34. The highest BCUT2D eigenvalue weighted by molar-refractivity contribution is 7.10. The summed E-state index contributed by atoms with van der Waals surface area (Å²) >= 11 is 7.32. The van der Waals surface area contributed by atoms with E-state index in [-0.39, 0.29) is 18.6 Å². The molecule has 1 heterocycles. The molecule has 1 aromatic heterocycles. The van der Waals surface area contributed by atoms with Crippen LogP contribution in [0.1, 0.15) is 33.8 Å². The molecule has 5 heteroatoms. The van der Waals surface area contributed by atoms with Crippen LogP contribution < -0.4 is 5.32 Å². The van der Waals surface area contributed by atoms with Crippen molar-refractivity contribution in [3.8, 4) is 11.8 Å². The Bertz CT molecular complexity index is 700. The van der Waals surface area contributed by atoms with E-state index in [1.807, 2.05) is 25.1 Å². The summed E-state index contributed by atoms with van der Waals surface area (Å²) in [4.78, 5) is 12.9. The van der Waals surface area contributed by atoms with Crippen LogP contribution in [0.25, 0.3) is 0 Å². The van der Waals surface area contributed by atoms with Crippen LogP contribution >= 0.6 is 22.9 Å². The van der Waals surface area contributed by atoms with Crippen LogP contribution in [0.5, 0.6) is 0 Å². The topological polar surface area (TPSA) is 49.3 Å². The smallest absolute Gasteiger partial charge is 0.252 e. The number of rotatable bonds is 3. The first-order valence-corrected chi connectivity index (χ1v) is 7.60. The molecule has 0 aliphatic heterocycles. The first kappa shape index (κ1) is 15.6. The lowest BCUT2D eigenvalue weighted by atomic mass is 10.1. The van der Waals surface area contributed by atoms with Crippen LogP contribution in [0, 0.1) is 11.8 Å². The van der Waals surface area contributed by atoms with Gasteiger partial charge in [-0.15, -0.1) is 11.3 Å². The van der Waals surface area contributed by atoms with Crippen molar-refractivity contribution in [3.63, 3.8) is 0 Å².